The molecule has 43 heavy (non-hydrogen) atoms. The highest BCUT2D eigenvalue weighted by Crippen LogP contribution is 2.37. The number of nitrogens with one attached hydrogen (secondary N) is 2. The summed E-state index contributed by atoms with van der Waals surface area (Å²) in [5.41, 5.74) is 4.01. The van der Waals surface area contributed by atoms with Gasteiger partial charge in [0, 0.05) is 33.9 Å². The summed E-state index contributed by atoms with van der Waals surface area (Å²) in [7, 11) is 0. The zero-order valence-corrected chi connectivity index (χ0v) is 24.5. The molecule has 0 aliphatic carbocycles. The first-order chi connectivity index (χ1) is 20.7. The molecule has 0 fully saturated rings. The number of benzene rings is 3. The third-order valence-corrected chi connectivity index (χ3v) is 8.25. The number of aryl methyl sites for hydroxylation is 2. The van der Waals surface area contributed by atoms with Gasteiger partial charge in [-0.3, -0.25) is 9.59 Å². The quantitative estimate of drug-likeness (QED) is 0.181. The molecule has 0 saturated heterocycles. The molecular weight excluding hydrogens is 568 g/mol. The SMILES string of the molecule is Cc1oc2cc3oc(=O)c(CC(=O)NCC(=O)NC(CSCc4ccccc4)C(=O)O)c(C)c3cc2c1-c1ccccc1. The number of hydrogen-bond acceptors (Lipinski definition) is 7. The number of fused-ring (bicyclic) bond motifs is 2. The standard InChI is InChI=1S/C33H30N2O7S/c1-19-23-13-25-28(41-20(2)31(25)22-11-7-4-8-12-22)15-27(23)42-33(40)24(19)14-29(36)34-16-30(37)35-26(32(38)39)18-43-17-21-9-5-3-6-10-21/h3-13,15,26H,14,16-18H2,1-2H3,(H,34,36)(H,35,37)(H,38,39). The van der Waals surface area contributed by atoms with Crippen molar-refractivity contribution < 1.29 is 28.3 Å². The molecule has 1 unspecified atom stereocenters. The number of aliphatic carboxylic acids is 1. The van der Waals surface area contributed by atoms with E-state index >= 15 is 0 Å². The van der Waals surface area contributed by atoms with E-state index in [4.69, 9.17) is 8.83 Å². The van der Waals surface area contributed by atoms with E-state index in [1.165, 1.54) is 11.8 Å². The molecule has 9 nitrogen and oxygen atoms in total. The number of amides is 2. The van der Waals surface area contributed by atoms with Crippen LogP contribution in [0.4, 0.5) is 0 Å². The zero-order chi connectivity index (χ0) is 30.5. The molecule has 0 saturated carbocycles. The van der Waals surface area contributed by atoms with Crippen molar-refractivity contribution in [2.45, 2.75) is 32.1 Å². The van der Waals surface area contributed by atoms with Crippen LogP contribution in [-0.4, -0.2) is 41.2 Å². The molecule has 220 valence electrons. The molecule has 0 spiro atoms. The van der Waals surface area contributed by atoms with Gasteiger partial charge < -0.3 is 24.6 Å². The van der Waals surface area contributed by atoms with E-state index in [9.17, 15) is 24.3 Å². The van der Waals surface area contributed by atoms with Crippen LogP contribution < -0.4 is 16.3 Å². The fourth-order valence-electron chi connectivity index (χ4n) is 4.96. The fraction of sp³-hybridized carbons (Fsp3) is 0.212. The number of furan rings is 1. The van der Waals surface area contributed by atoms with E-state index in [0.717, 1.165) is 27.8 Å². The lowest BCUT2D eigenvalue weighted by Gasteiger charge is -2.15. The van der Waals surface area contributed by atoms with Gasteiger partial charge in [-0.05, 0) is 36.6 Å². The van der Waals surface area contributed by atoms with Gasteiger partial charge in [0.05, 0.1) is 18.5 Å². The second kappa shape index (κ2) is 13.0. The second-order valence-corrected chi connectivity index (χ2v) is 11.2. The van der Waals surface area contributed by atoms with Crippen LogP contribution in [0.25, 0.3) is 33.1 Å². The first-order valence-electron chi connectivity index (χ1n) is 13.7. The molecule has 0 radical (unpaired) electrons. The molecule has 2 aromatic heterocycles. The van der Waals surface area contributed by atoms with Gasteiger partial charge in [-0.2, -0.15) is 11.8 Å². The van der Waals surface area contributed by atoms with Crippen LogP contribution in [0, 0.1) is 13.8 Å². The summed E-state index contributed by atoms with van der Waals surface area (Å²) < 4.78 is 11.5. The van der Waals surface area contributed by atoms with Crippen molar-refractivity contribution in [2.24, 2.45) is 0 Å². The average Bonchev–Trinajstić information content (AvgIpc) is 3.32. The monoisotopic (exact) mass is 598 g/mol. The fourth-order valence-corrected chi connectivity index (χ4v) is 5.97. The third-order valence-electron chi connectivity index (χ3n) is 7.15. The van der Waals surface area contributed by atoms with E-state index in [2.05, 4.69) is 10.6 Å². The summed E-state index contributed by atoms with van der Waals surface area (Å²) >= 11 is 1.38. The summed E-state index contributed by atoms with van der Waals surface area (Å²) in [5.74, 6) is -0.882. The predicted molar refractivity (Wildman–Crippen MR) is 166 cm³/mol. The smallest absolute Gasteiger partial charge is 0.340 e. The summed E-state index contributed by atoms with van der Waals surface area (Å²) in [4.78, 5) is 49.7. The van der Waals surface area contributed by atoms with Crippen LogP contribution in [0.2, 0.25) is 0 Å². The number of rotatable bonds is 11. The van der Waals surface area contributed by atoms with Crippen LogP contribution in [0.3, 0.4) is 0 Å². The van der Waals surface area contributed by atoms with E-state index in [0.29, 0.717) is 27.9 Å². The average molecular weight is 599 g/mol. The summed E-state index contributed by atoms with van der Waals surface area (Å²) in [6.07, 6.45) is -0.305. The minimum atomic E-state index is -1.16. The normalized spacial score (nSPS) is 11.9. The Hall–Kier alpha value is -4.83. The minimum absolute atomic E-state index is 0.163. The molecule has 3 aromatic carbocycles. The maximum atomic E-state index is 12.9. The van der Waals surface area contributed by atoms with Crippen LogP contribution in [0.5, 0.6) is 0 Å². The van der Waals surface area contributed by atoms with Crippen molar-refractivity contribution in [1.29, 1.82) is 0 Å². The highest BCUT2D eigenvalue weighted by Gasteiger charge is 2.22. The molecule has 0 aliphatic heterocycles. The van der Waals surface area contributed by atoms with E-state index < -0.39 is 36.0 Å². The Morgan fingerprint density at radius 2 is 1.56 bits per heavy atom. The lowest BCUT2D eigenvalue weighted by Crippen LogP contribution is -2.47. The van der Waals surface area contributed by atoms with Crippen LogP contribution in [0.1, 0.15) is 22.5 Å². The first-order valence-corrected chi connectivity index (χ1v) is 14.8. The maximum Gasteiger partial charge on any atom is 0.340 e. The minimum Gasteiger partial charge on any atom is -0.480 e. The van der Waals surface area contributed by atoms with E-state index in [-0.39, 0.29) is 17.7 Å². The summed E-state index contributed by atoms with van der Waals surface area (Å²) in [5, 5.41) is 16.0. The molecule has 2 amide bonds. The lowest BCUT2D eigenvalue weighted by atomic mass is 9.98. The van der Waals surface area contributed by atoms with E-state index in [1.54, 1.807) is 13.0 Å². The van der Waals surface area contributed by atoms with Gasteiger partial charge in [0.25, 0.3) is 0 Å². The van der Waals surface area contributed by atoms with Crippen molar-refractivity contribution >= 4 is 51.5 Å². The van der Waals surface area contributed by atoms with Gasteiger partial charge >= 0.3 is 11.6 Å². The molecule has 3 N–H and O–H groups in total. The molecule has 5 aromatic rings. The molecule has 1 atom stereocenters. The van der Waals surface area contributed by atoms with Crippen molar-refractivity contribution in [3.8, 4) is 11.1 Å². The summed E-state index contributed by atoms with van der Waals surface area (Å²) in [6, 6.07) is 21.9. The number of carbonyl (C=O) groups excluding carboxylic acids is 2. The molecule has 2 heterocycles. The second-order valence-electron chi connectivity index (χ2n) is 10.1. The summed E-state index contributed by atoms with van der Waals surface area (Å²) in [6.45, 7) is 3.20. The Morgan fingerprint density at radius 1 is 0.884 bits per heavy atom. The zero-order valence-electron chi connectivity index (χ0n) is 23.6. The predicted octanol–water partition coefficient (Wildman–Crippen LogP) is 4.98. The van der Waals surface area contributed by atoms with Gasteiger partial charge in [0.1, 0.15) is 23.0 Å². The largest absolute Gasteiger partial charge is 0.480 e. The Labute approximate surface area is 251 Å². The number of carbonyl (C=O) groups is 3. The van der Waals surface area contributed by atoms with Crippen molar-refractivity contribution in [2.75, 3.05) is 12.3 Å². The van der Waals surface area contributed by atoms with Gasteiger partial charge in [-0.25, -0.2) is 9.59 Å². The van der Waals surface area contributed by atoms with Gasteiger partial charge in [-0.15, -0.1) is 0 Å². The van der Waals surface area contributed by atoms with Crippen LogP contribution in [-0.2, 0) is 26.6 Å². The van der Waals surface area contributed by atoms with Gasteiger partial charge in [-0.1, -0.05) is 60.7 Å². The van der Waals surface area contributed by atoms with Crippen LogP contribution >= 0.6 is 11.8 Å². The Balaban J connectivity index is 1.26. The number of carboxylic acids is 1. The number of carboxylic acid groups (broad SMARTS) is 1. The molecule has 0 aliphatic rings. The van der Waals surface area contributed by atoms with Crippen molar-refractivity contribution in [1.82, 2.24) is 10.6 Å². The molecule has 0 bridgehead atoms. The Bertz CT molecular complexity index is 1860. The van der Waals surface area contributed by atoms with Gasteiger partial charge in [0.2, 0.25) is 11.8 Å². The van der Waals surface area contributed by atoms with Crippen LogP contribution in [0.15, 0.2) is 86.4 Å². The van der Waals surface area contributed by atoms with E-state index in [1.807, 2.05) is 73.7 Å². The van der Waals surface area contributed by atoms with Crippen molar-refractivity contribution in [3.05, 3.63) is 106 Å². The highest BCUT2D eigenvalue weighted by molar-refractivity contribution is 7.98. The molecule has 10 heteroatoms. The topological polar surface area (TPSA) is 139 Å². The third kappa shape index (κ3) is 6.81. The maximum absolute atomic E-state index is 12.9. The Morgan fingerprint density at radius 3 is 2.26 bits per heavy atom. The lowest BCUT2D eigenvalue weighted by molar-refractivity contribution is -0.141. The molecule has 5 rings (SSSR count). The number of hydrogen-bond donors (Lipinski definition) is 3. The molecular formula is C33H30N2O7S. The highest BCUT2D eigenvalue weighted by atomic mass is 32.2. The number of thioether (sulfide) groups is 1. The first kappa shape index (κ1) is 29.7. The van der Waals surface area contributed by atoms with Gasteiger partial charge in [0.15, 0.2) is 0 Å². The Kier molecular flexibility index (Phi) is 8.96. The van der Waals surface area contributed by atoms with Crippen molar-refractivity contribution in [3.63, 3.8) is 0 Å².